The lowest BCUT2D eigenvalue weighted by Gasteiger charge is -2.45. The van der Waals surface area contributed by atoms with Crippen molar-refractivity contribution in [1.82, 2.24) is 0 Å². The number of fused-ring (bicyclic) bond motifs is 2. The minimum absolute atomic E-state index is 0.595. The number of hydrogen-bond acceptors (Lipinski definition) is 0. The Balaban J connectivity index is 0.000000293. The smallest absolute Gasteiger partial charge is 0.0297 e. The zero-order valence-corrected chi connectivity index (χ0v) is 57.9. The van der Waals surface area contributed by atoms with Crippen LogP contribution in [-0.2, 0) is 0 Å². The van der Waals surface area contributed by atoms with E-state index in [1.807, 2.05) is 0 Å². The van der Waals surface area contributed by atoms with Crippen molar-refractivity contribution in [2.75, 3.05) is 0 Å². The van der Waals surface area contributed by atoms with Gasteiger partial charge in [-0.3, -0.25) is 0 Å². The summed E-state index contributed by atoms with van der Waals surface area (Å²) in [5.74, 6) is 20.0. The fourth-order valence-electron chi connectivity index (χ4n) is 15.4. The highest BCUT2D eigenvalue weighted by molar-refractivity contribution is 4.97. The van der Waals surface area contributed by atoms with Crippen LogP contribution in [0.4, 0.5) is 0 Å². The highest BCUT2D eigenvalue weighted by atomic mass is 14.5. The Morgan fingerprint density at radius 3 is 1.05 bits per heavy atom. The number of rotatable bonds is 3. The maximum Gasteiger partial charge on any atom is -0.0297 e. The minimum atomic E-state index is 0.595. The molecule has 9 atom stereocenters. The second-order valence-corrected chi connectivity index (χ2v) is 34.1. The first-order valence-corrected chi connectivity index (χ1v) is 35.2. The Bertz CT molecular complexity index is 1390. The van der Waals surface area contributed by atoms with E-state index in [-0.39, 0.29) is 0 Å². The van der Waals surface area contributed by atoms with Crippen LogP contribution in [0.25, 0.3) is 0 Å². The maximum atomic E-state index is 2.48. The molecule has 0 heterocycles. The van der Waals surface area contributed by atoms with Crippen LogP contribution in [-0.4, -0.2) is 0 Å². The molecule has 2 bridgehead atoms. The van der Waals surface area contributed by atoms with Crippen LogP contribution >= 0.6 is 0 Å². The predicted molar refractivity (Wildman–Crippen MR) is 347 cm³/mol. The van der Waals surface area contributed by atoms with Gasteiger partial charge in [-0.25, -0.2) is 0 Å². The summed E-state index contributed by atoms with van der Waals surface area (Å²) in [6.45, 7) is 61.7. The molecule has 0 radical (unpaired) electrons. The van der Waals surface area contributed by atoms with E-state index in [2.05, 4.69) is 180 Å². The molecule has 0 saturated heterocycles. The third-order valence-corrected chi connectivity index (χ3v) is 26.0. The zero-order chi connectivity index (χ0) is 57.9. The molecule has 10 aliphatic carbocycles. The van der Waals surface area contributed by atoms with Crippen LogP contribution in [0.3, 0.4) is 0 Å². The van der Waals surface area contributed by atoms with Crippen molar-refractivity contribution in [3.8, 4) is 0 Å². The Labute approximate surface area is 484 Å². The molecular weight excluding hydrogens is 913 g/mol. The van der Waals surface area contributed by atoms with E-state index in [1.54, 1.807) is 0 Å². The lowest BCUT2D eigenvalue weighted by molar-refractivity contribution is 0.0302. The first-order valence-electron chi connectivity index (χ1n) is 35.2. The molecule has 76 heavy (non-hydrogen) atoms. The van der Waals surface area contributed by atoms with Crippen LogP contribution in [0.1, 0.15) is 347 Å². The quantitative estimate of drug-likeness (QED) is 0.264. The molecule has 454 valence electrons. The van der Waals surface area contributed by atoms with Gasteiger partial charge in [-0.05, 0) is 211 Å². The predicted octanol–water partition coefficient (Wildman–Crippen LogP) is 25.9. The summed E-state index contributed by atoms with van der Waals surface area (Å²) in [4.78, 5) is 0. The second-order valence-electron chi connectivity index (χ2n) is 34.1. The first-order chi connectivity index (χ1) is 35.2. The lowest BCUT2D eigenvalue weighted by atomic mass is 9.60. The highest BCUT2D eigenvalue weighted by Crippen LogP contribution is 2.57. The Morgan fingerprint density at radius 2 is 0.855 bits per heavy atom. The van der Waals surface area contributed by atoms with E-state index in [0.29, 0.717) is 16.2 Å². The van der Waals surface area contributed by atoms with E-state index < -0.39 is 0 Å². The van der Waals surface area contributed by atoms with Gasteiger partial charge in [-0.2, -0.15) is 0 Å². The van der Waals surface area contributed by atoms with Gasteiger partial charge in [0.05, 0.1) is 0 Å². The molecule has 0 aromatic carbocycles. The molecule has 0 heteroatoms. The summed E-state index contributed by atoms with van der Waals surface area (Å²) in [7, 11) is 0. The molecule has 0 amide bonds. The molecule has 0 N–H and O–H groups in total. The highest BCUT2D eigenvalue weighted by Gasteiger charge is 2.46. The third kappa shape index (κ3) is 24.8. The van der Waals surface area contributed by atoms with Gasteiger partial charge in [0.25, 0.3) is 0 Å². The molecular formula is C76H150. The van der Waals surface area contributed by atoms with Gasteiger partial charge >= 0.3 is 0 Å². The Kier molecular flexibility index (Phi) is 32.2. The van der Waals surface area contributed by atoms with E-state index in [1.165, 1.54) is 167 Å². The standard InChI is InChI=1S/C9H16.3C9H18.5C8H16/c1-7-5-8-3-4-9(7,2)6-8;1-8-4-6-9(2,3)7-5-8;1-8-6-4-5-7-9(8,2)3;1-7-5-4-6-8(2)9(7)3;1-6(2)8-4-7(3)5-8;1-8(2,3)7-5-4-6-7;1-6-4-5-7(2)8(6)3;1-5-6(2)8(4)7(5)3;1-3-7(2)8-5-4-6-8/h7-8H,3-6H2,1-2H3;2*8H,4-7H2,1-3H3;7-9H,4-6H2,1-3H3;6-8H,4-5H2,1-3H3;7H,4-6H2,1-3H3;6-8H,4-5H2,1-3H3;5-8H,1-4H3;7-8H,3-6H2,1-2H3/t7-,8?,9?;;8-;;;;;;/m0.1....../s1. The summed E-state index contributed by atoms with van der Waals surface area (Å²) in [5, 5.41) is 0. The molecule has 10 fully saturated rings. The van der Waals surface area contributed by atoms with Crippen molar-refractivity contribution in [1.29, 1.82) is 0 Å². The first kappa shape index (κ1) is 72.1. The molecule has 0 spiro atoms. The average molecular weight is 1060 g/mol. The van der Waals surface area contributed by atoms with Gasteiger partial charge in [0.15, 0.2) is 0 Å². The fourth-order valence-corrected chi connectivity index (χ4v) is 15.4. The molecule has 0 aliphatic heterocycles. The van der Waals surface area contributed by atoms with Crippen LogP contribution in [0, 0.1) is 140 Å². The minimum Gasteiger partial charge on any atom is -0.0651 e. The Morgan fingerprint density at radius 1 is 0.408 bits per heavy atom. The second kappa shape index (κ2) is 33.9. The molecule has 10 rings (SSSR count). The molecule has 10 saturated carbocycles. The van der Waals surface area contributed by atoms with Gasteiger partial charge in [0.1, 0.15) is 0 Å². The van der Waals surface area contributed by atoms with Crippen LogP contribution in [0.2, 0.25) is 0 Å². The van der Waals surface area contributed by atoms with Crippen LogP contribution in [0.5, 0.6) is 0 Å². The summed E-state index contributed by atoms with van der Waals surface area (Å²) < 4.78 is 0. The third-order valence-electron chi connectivity index (χ3n) is 26.0. The molecule has 0 aromatic heterocycles. The monoisotopic (exact) mass is 1060 g/mol. The van der Waals surface area contributed by atoms with E-state index >= 15 is 0 Å². The molecule has 10 aliphatic rings. The largest absolute Gasteiger partial charge is 0.0651 e. The van der Waals surface area contributed by atoms with Gasteiger partial charge in [0, 0.05) is 0 Å². The van der Waals surface area contributed by atoms with Gasteiger partial charge < -0.3 is 0 Å². The van der Waals surface area contributed by atoms with Crippen molar-refractivity contribution in [3.05, 3.63) is 0 Å². The van der Waals surface area contributed by atoms with E-state index in [9.17, 15) is 0 Å². The van der Waals surface area contributed by atoms with Gasteiger partial charge in [0.2, 0.25) is 0 Å². The van der Waals surface area contributed by atoms with Crippen molar-refractivity contribution in [2.45, 2.75) is 347 Å². The summed E-state index contributed by atoms with van der Waals surface area (Å²) in [6, 6.07) is 0. The fraction of sp³-hybridized carbons (Fsp3) is 1.00. The summed E-state index contributed by atoms with van der Waals surface area (Å²) in [6.07, 6.45) is 38.3. The van der Waals surface area contributed by atoms with Crippen LogP contribution in [0.15, 0.2) is 0 Å². The normalized spacial score (nSPS) is 39.3. The summed E-state index contributed by atoms with van der Waals surface area (Å²) in [5.41, 5.74) is 2.66. The molecule has 0 aromatic rings. The molecule has 0 nitrogen and oxygen atoms in total. The SMILES string of the molecule is CC(C)(C)C1CCC1.CC1C(C)C(C)C1C.CC1CC(C(C)C)C1.CC1CCC(C)(C)CC1.CC1CCC(C)C1C.CC1CCCC(C)C1C.CCC(C)C1CCC1.C[C@@H]1CCCCC1(C)C.C[C@H]1CC2CCC1(C)C2. The van der Waals surface area contributed by atoms with Crippen molar-refractivity contribution in [3.63, 3.8) is 0 Å². The van der Waals surface area contributed by atoms with Crippen molar-refractivity contribution < 1.29 is 0 Å². The maximum absolute atomic E-state index is 2.48. The lowest BCUT2D eigenvalue weighted by Crippen LogP contribution is -2.39. The average Bonchev–Trinajstić information content (AvgIpc) is 3.94. The van der Waals surface area contributed by atoms with Crippen LogP contribution < -0.4 is 0 Å². The molecule has 7 unspecified atom stereocenters. The van der Waals surface area contributed by atoms with E-state index in [0.717, 1.165) is 124 Å². The zero-order valence-electron chi connectivity index (χ0n) is 57.9. The van der Waals surface area contributed by atoms with Gasteiger partial charge in [-0.1, -0.05) is 276 Å². The topological polar surface area (TPSA) is 0 Å². The summed E-state index contributed by atoms with van der Waals surface area (Å²) >= 11 is 0. The number of hydrogen-bond donors (Lipinski definition) is 0. The van der Waals surface area contributed by atoms with Crippen molar-refractivity contribution in [2.24, 2.45) is 140 Å². The Hall–Kier alpha value is 0. The van der Waals surface area contributed by atoms with Gasteiger partial charge in [-0.15, -0.1) is 0 Å². The van der Waals surface area contributed by atoms with E-state index in [4.69, 9.17) is 0 Å². The van der Waals surface area contributed by atoms with Crippen molar-refractivity contribution >= 4 is 0 Å².